The fraction of sp³-hybridized carbons (Fsp3) is 0.733. The first-order chi connectivity index (χ1) is 8.86. The summed E-state index contributed by atoms with van der Waals surface area (Å²) < 4.78 is 5.48. The Bertz CT molecular complexity index is 399. The van der Waals surface area contributed by atoms with E-state index in [1.165, 1.54) is 0 Å². The Morgan fingerprint density at radius 1 is 1.26 bits per heavy atom. The normalized spacial score (nSPS) is 13.4. The van der Waals surface area contributed by atoms with Gasteiger partial charge >= 0.3 is 0 Å². The van der Waals surface area contributed by atoms with Gasteiger partial charge in [0.15, 0.2) is 0 Å². The zero-order valence-electron chi connectivity index (χ0n) is 13.1. The minimum absolute atomic E-state index is 0.195. The molecule has 1 heterocycles. The average molecular weight is 265 g/mol. The first kappa shape index (κ1) is 15.9. The lowest BCUT2D eigenvalue weighted by molar-refractivity contribution is 0.267. The number of nitrogens with one attached hydrogen (secondary N) is 1. The first-order valence-electron chi connectivity index (χ1n) is 7.07. The van der Waals surface area contributed by atoms with E-state index in [2.05, 4.69) is 43.0 Å². The van der Waals surface area contributed by atoms with Crippen molar-refractivity contribution >= 4 is 0 Å². The molecule has 0 saturated heterocycles. The second-order valence-electron chi connectivity index (χ2n) is 5.86. The van der Waals surface area contributed by atoms with Gasteiger partial charge in [0.25, 0.3) is 0 Å². The standard InChI is InChI=1S/C15H27N3O/c1-7-16-13(15(4,5)6)9-12-10-14(19-8-2)18-11(3)17-12/h10,13,16H,7-9H2,1-6H3. The maximum atomic E-state index is 5.48. The van der Waals surface area contributed by atoms with Crippen LogP contribution in [0.4, 0.5) is 0 Å². The van der Waals surface area contributed by atoms with Crippen LogP contribution in [0, 0.1) is 12.3 Å². The highest BCUT2D eigenvalue weighted by Crippen LogP contribution is 2.23. The molecule has 0 fully saturated rings. The van der Waals surface area contributed by atoms with Gasteiger partial charge < -0.3 is 10.1 Å². The van der Waals surface area contributed by atoms with Gasteiger partial charge in [-0.05, 0) is 25.8 Å². The van der Waals surface area contributed by atoms with E-state index < -0.39 is 0 Å². The summed E-state index contributed by atoms with van der Waals surface area (Å²) in [5.74, 6) is 1.44. The summed E-state index contributed by atoms with van der Waals surface area (Å²) in [5, 5.41) is 3.54. The number of rotatable bonds is 6. The third kappa shape index (κ3) is 5.15. The molecule has 0 aliphatic heterocycles. The van der Waals surface area contributed by atoms with Crippen molar-refractivity contribution in [2.45, 2.75) is 54.0 Å². The summed E-state index contributed by atoms with van der Waals surface area (Å²) in [4.78, 5) is 8.81. The van der Waals surface area contributed by atoms with Crippen LogP contribution in [0.5, 0.6) is 5.88 Å². The van der Waals surface area contributed by atoms with Crippen molar-refractivity contribution in [1.82, 2.24) is 15.3 Å². The highest BCUT2D eigenvalue weighted by Gasteiger charge is 2.24. The largest absolute Gasteiger partial charge is 0.478 e. The van der Waals surface area contributed by atoms with Crippen molar-refractivity contribution in [3.05, 3.63) is 17.6 Å². The molecule has 0 saturated carbocycles. The lowest BCUT2D eigenvalue weighted by atomic mass is 9.84. The fourth-order valence-electron chi connectivity index (χ4n) is 2.07. The molecule has 108 valence electrons. The topological polar surface area (TPSA) is 47.0 Å². The second-order valence-corrected chi connectivity index (χ2v) is 5.86. The van der Waals surface area contributed by atoms with Crippen LogP contribution in [0.25, 0.3) is 0 Å². The van der Waals surface area contributed by atoms with Crippen LogP contribution in [-0.4, -0.2) is 29.2 Å². The molecule has 0 radical (unpaired) electrons. The number of hydrogen-bond donors (Lipinski definition) is 1. The Hall–Kier alpha value is -1.16. The molecule has 1 aromatic heterocycles. The molecule has 0 spiro atoms. The average Bonchev–Trinajstić information content (AvgIpc) is 2.27. The summed E-state index contributed by atoms with van der Waals surface area (Å²) >= 11 is 0. The van der Waals surface area contributed by atoms with E-state index in [1.54, 1.807) is 0 Å². The maximum Gasteiger partial charge on any atom is 0.216 e. The number of nitrogens with zero attached hydrogens (tertiary/aromatic N) is 2. The van der Waals surface area contributed by atoms with Crippen molar-refractivity contribution in [1.29, 1.82) is 0 Å². The molecule has 0 amide bonds. The smallest absolute Gasteiger partial charge is 0.216 e. The number of ether oxygens (including phenoxy) is 1. The van der Waals surface area contributed by atoms with Crippen molar-refractivity contribution < 1.29 is 4.74 Å². The van der Waals surface area contributed by atoms with Crippen molar-refractivity contribution in [2.75, 3.05) is 13.2 Å². The number of aryl methyl sites for hydroxylation is 1. The Morgan fingerprint density at radius 3 is 2.47 bits per heavy atom. The van der Waals surface area contributed by atoms with Gasteiger partial charge in [-0.3, -0.25) is 0 Å². The predicted molar refractivity (Wildman–Crippen MR) is 78.6 cm³/mol. The van der Waals surface area contributed by atoms with Gasteiger partial charge in [-0.2, -0.15) is 4.98 Å². The maximum absolute atomic E-state index is 5.48. The van der Waals surface area contributed by atoms with Crippen LogP contribution >= 0.6 is 0 Å². The molecule has 1 rings (SSSR count). The zero-order chi connectivity index (χ0) is 14.5. The Labute approximate surface area is 117 Å². The van der Waals surface area contributed by atoms with Crippen molar-refractivity contribution in [3.8, 4) is 5.88 Å². The third-order valence-electron chi connectivity index (χ3n) is 3.07. The number of aromatic nitrogens is 2. The van der Waals surface area contributed by atoms with Crippen molar-refractivity contribution in [2.24, 2.45) is 5.41 Å². The van der Waals surface area contributed by atoms with E-state index in [1.807, 2.05) is 19.9 Å². The van der Waals surface area contributed by atoms with Crippen LogP contribution in [-0.2, 0) is 6.42 Å². The van der Waals surface area contributed by atoms with E-state index in [-0.39, 0.29) is 5.41 Å². The number of hydrogen-bond acceptors (Lipinski definition) is 4. The molecule has 4 heteroatoms. The summed E-state index contributed by atoms with van der Waals surface area (Å²) in [6.07, 6.45) is 0.890. The van der Waals surface area contributed by atoms with E-state index in [0.717, 1.165) is 24.5 Å². The lowest BCUT2D eigenvalue weighted by Crippen LogP contribution is -2.42. The minimum Gasteiger partial charge on any atom is -0.478 e. The van der Waals surface area contributed by atoms with Gasteiger partial charge in [0.05, 0.1) is 6.61 Å². The zero-order valence-corrected chi connectivity index (χ0v) is 13.1. The van der Waals surface area contributed by atoms with Crippen LogP contribution in [0.3, 0.4) is 0 Å². The molecular weight excluding hydrogens is 238 g/mol. The summed E-state index contributed by atoms with van der Waals surface area (Å²) in [7, 11) is 0. The Kier molecular flexibility index (Phi) is 5.73. The molecule has 0 aromatic carbocycles. The monoisotopic (exact) mass is 265 g/mol. The molecular formula is C15H27N3O. The van der Waals surface area contributed by atoms with Crippen molar-refractivity contribution in [3.63, 3.8) is 0 Å². The summed E-state index contributed by atoms with van der Waals surface area (Å²) in [5.41, 5.74) is 1.23. The third-order valence-corrected chi connectivity index (χ3v) is 3.07. The Morgan fingerprint density at radius 2 is 1.95 bits per heavy atom. The summed E-state index contributed by atoms with van der Waals surface area (Å²) in [6.45, 7) is 14.3. The Balaban J connectivity index is 2.89. The summed E-state index contributed by atoms with van der Waals surface area (Å²) in [6, 6.07) is 2.34. The van der Waals surface area contributed by atoms with Gasteiger partial charge in [0.1, 0.15) is 5.82 Å². The molecule has 4 nitrogen and oxygen atoms in total. The molecule has 1 atom stereocenters. The van der Waals surface area contributed by atoms with E-state index in [0.29, 0.717) is 18.5 Å². The van der Waals surface area contributed by atoms with Crippen LogP contribution < -0.4 is 10.1 Å². The van der Waals surface area contributed by atoms with Crippen LogP contribution in [0.15, 0.2) is 6.07 Å². The van der Waals surface area contributed by atoms with Gasteiger partial charge in [-0.25, -0.2) is 4.98 Å². The molecule has 19 heavy (non-hydrogen) atoms. The fourth-order valence-corrected chi connectivity index (χ4v) is 2.07. The van der Waals surface area contributed by atoms with E-state index in [4.69, 9.17) is 4.74 Å². The molecule has 0 bridgehead atoms. The molecule has 0 aliphatic rings. The van der Waals surface area contributed by atoms with Crippen LogP contribution in [0.1, 0.15) is 46.1 Å². The molecule has 0 aliphatic carbocycles. The quantitative estimate of drug-likeness (QED) is 0.859. The van der Waals surface area contributed by atoms with E-state index in [9.17, 15) is 0 Å². The van der Waals surface area contributed by atoms with Gasteiger partial charge in [0.2, 0.25) is 5.88 Å². The SMILES string of the molecule is CCNC(Cc1cc(OCC)nc(C)n1)C(C)(C)C. The molecule has 1 unspecified atom stereocenters. The lowest BCUT2D eigenvalue weighted by Gasteiger charge is -2.31. The van der Waals surface area contributed by atoms with Gasteiger partial charge in [0, 0.05) is 24.2 Å². The minimum atomic E-state index is 0.195. The number of likely N-dealkylation sites (N-methyl/N-ethyl adjacent to an activating group) is 1. The predicted octanol–water partition coefficient (Wildman–Crippen LogP) is 2.75. The van der Waals surface area contributed by atoms with Gasteiger partial charge in [-0.15, -0.1) is 0 Å². The second kappa shape index (κ2) is 6.85. The molecule has 1 aromatic rings. The molecule has 1 N–H and O–H groups in total. The first-order valence-corrected chi connectivity index (χ1v) is 7.07. The highest BCUT2D eigenvalue weighted by atomic mass is 16.5. The van der Waals surface area contributed by atoms with E-state index >= 15 is 0 Å². The van der Waals surface area contributed by atoms with Gasteiger partial charge in [-0.1, -0.05) is 27.7 Å². The highest BCUT2D eigenvalue weighted by molar-refractivity contribution is 5.17. The van der Waals surface area contributed by atoms with Crippen LogP contribution in [0.2, 0.25) is 0 Å².